The van der Waals surface area contributed by atoms with Crippen LogP contribution in [0.3, 0.4) is 0 Å². The minimum atomic E-state index is -3.80. The lowest BCUT2D eigenvalue weighted by molar-refractivity contribution is -0.124. The molecule has 27 heavy (non-hydrogen) atoms. The maximum Gasteiger partial charge on any atom is 0.340 e. The molecule has 1 aromatic carbocycles. The first-order valence-corrected chi connectivity index (χ1v) is 10.7. The Labute approximate surface area is 162 Å². The van der Waals surface area contributed by atoms with Gasteiger partial charge in [-0.3, -0.25) is 9.52 Å². The van der Waals surface area contributed by atoms with E-state index >= 15 is 0 Å². The van der Waals surface area contributed by atoms with Crippen molar-refractivity contribution >= 4 is 38.9 Å². The fourth-order valence-electron chi connectivity index (χ4n) is 2.12. The molecule has 0 aliphatic heterocycles. The maximum atomic E-state index is 12.4. The molecule has 0 saturated carbocycles. The average Bonchev–Trinajstić information content (AvgIpc) is 3.15. The van der Waals surface area contributed by atoms with Crippen molar-refractivity contribution in [2.45, 2.75) is 24.5 Å². The van der Waals surface area contributed by atoms with Gasteiger partial charge in [0.05, 0.1) is 11.3 Å². The molecular formula is C18H22N2O5S2. The molecule has 2 aromatic rings. The van der Waals surface area contributed by atoms with E-state index in [0.29, 0.717) is 12.5 Å². The number of carbonyl (C=O) groups is 2. The molecule has 0 spiro atoms. The number of ether oxygens (including phenoxy) is 1. The molecule has 0 saturated heterocycles. The van der Waals surface area contributed by atoms with Gasteiger partial charge < -0.3 is 10.1 Å². The third-order valence-corrected chi connectivity index (χ3v) is 6.29. The van der Waals surface area contributed by atoms with E-state index in [0.717, 1.165) is 17.8 Å². The third-order valence-electron chi connectivity index (χ3n) is 3.53. The summed E-state index contributed by atoms with van der Waals surface area (Å²) in [6.07, 6.45) is 0.826. The van der Waals surface area contributed by atoms with Crippen molar-refractivity contribution in [1.29, 1.82) is 0 Å². The highest BCUT2D eigenvalue weighted by atomic mass is 32.2. The second-order valence-corrected chi connectivity index (χ2v) is 9.05. The van der Waals surface area contributed by atoms with Crippen LogP contribution in [-0.4, -0.2) is 33.4 Å². The molecule has 0 radical (unpaired) electrons. The Morgan fingerprint density at radius 1 is 1.15 bits per heavy atom. The molecule has 7 nitrogen and oxygen atoms in total. The fraction of sp³-hybridized carbons (Fsp3) is 0.333. The number of carbonyl (C=O) groups excluding carboxylic acids is 2. The molecule has 2 rings (SSSR count). The molecule has 146 valence electrons. The number of amides is 1. The minimum Gasteiger partial charge on any atom is -0.452 e. The summed E-state index contributed by atoms with van der Waals surface area (Å²) >= 11 is 1.07. The number of sulfonamides is 1. The van der Waals surface area contributed by atoms with Crippen molar-refractivity contribution in [3.63, 3.8) is 0 Å². The van der Waals surface area contributed by atoms with Gasteiger partial charge in [-0.2, -0.15) is 0 Å². The molecule has 0 atom stereocenters. The highest BCUT2D eigenvalue weighted by Crippen LogP contribution is 2.23. The van der Waals surface area contributed by atoms with Crippen molar-refractivity contribution in [1.82, 2.24) is 5.32 Å². The van der Waals surface area contributed by atoms with Crippen molar-refractivity contribution in [3.05, 3.63) is 47.3 Å². The number of hydrogen-bond donors (Lipinski definition) is 2. The number of benzene rings is 1. The molecule has 0 fully saturated rings. The van der Waals surface area contributed by atoms with Gasteiger partial charge in [-0.05, 0) is 35.9 Å². The Morgan fingerprint density at radius 2 is 1.89 bits per heavy atom. The smallest absolute Gasteiger partial charge is 0.340 e. The van der Waals surface area contributed by atoms with Gasteiger partial charge in [0.1, 0.15) is 4.21 Å². The highest BCUT2D eigenvalue weighted by Gasteiger charge is 2.20. The number of thiophene rings is 1. The monoisotopic (exact) mass is 410 g/mol. The van der Waals surface area contributed by atoms with Crippen LogP contribution in [0.5, 0.6) is 0 Å². The SMILES string of the molecule is CC(C)CCNC(=O)COC(=O)c1ccccc1NS(=O)(=O)c1cccs1. The van der Waals surface area contributed by atoms with E-state index in [1.807, 2.05) is 13.8 Å². The lowest BCUT2D eigenvalue weighted by Crippen LogP contribution is -2.30. The van der Waals surface area contributed by atoms with Crippen LogP contribution in [0.4, 0.5) is 5.69 Å². The molecule has 1 aromatic heterocycles. The first-order chi connectivity index (χ1) is 12.8. The van der Waals surface area contributed by atoms with Crippen LogP contribution in [-0.2, 0) is 19.6 Å². The molecule has 1 heterocycles. The van der Waals surface area contributed by atoms with Crippen LogP contribution in [0.15, 0.2) is 46.0 Å². The molecule has 0 bridgehead atoms. The zero-order valence-corrected chi connectivity index (χ0v) is 16.7. The zero-order valence-electron chi connectivity index (χ0n) is 15.1. The van der Waals surface area contributed by atoms with E-state index in [4.69, 9.17) is 4.74 Å². The zero-order chi connectivity index (χ0) is 19.9. The first-order valence-electron chi connectivity index (χ1n) is 8.39. The van der Waals surface area contributed by atoms with Gasteiger partial charge in [0, 0.05) is 6.54 Å². The van der Waals surface area contributed by atoms with Gasteiger partial charge in [-0.25, -0.2) is 13.2 Å². The Morgan fingerprint density at radius 3 is 2.56 bits per heavy atom. The first kappa shape index (κ1) is 20.9. The lowest BCUT2D eigenvalue weighted by atomic mass is 10.1. The molecule has 0 aliphatic rings. The van der Waals surface area contributed by atoms with Gasteiger partial charge in [-0.1, -0.05) is 32.0 Å². The molecule has 9 heteroatoms. The largest absolute Gasteiger partial charge is 0.452 e. The van der Waals surface area contributed by atoms with E-state index in [1.54, 1.807) is 23.6 Å². The molecule has 1 amide bonds. The van der Waals surface area contributed by atoms with Crippen LogP contribution >= 0.6 is 11.3 Å². The Kier molecular flexibility index (Phi) is 7.37. The van der Waals surface area contributed by atoms with E-state index in [-0.39, 0.29) is 15.5 Å². The Balaban J connectivity index is 2.00. The van der Waals surface area contributed by atoms with E-state index in [1.165, 1.54) is 18.2 Å². The van der Waals surface area contributed by atoms with Gasteiger partial charge in [0.2, 0.25) is 0 Å². The number of esters is 1. The van der Waals surface area contributed by atoms with Crippen LogP contribution in [0.25, 0.3) is 0 Å². The molecule has 0 unspecified atom stereocenters. The van der Waals surface area contributed by atoms with Crippen LogP contribution < -0.4 is 10.0 Å². The summed E-state index contributed by atoms with van der Waals surface area (Å²) in [5.41, 5.74) is 0.128. The van der Waals surface area contributed by atoms with Gasteiger partial charge in [-0.15, -0.1) is 11.3 Å². The topological polar surface area (TPSA) is 102 Å². The summed E-state index contributed by atoms with van der Waals surface area (Å²) in [6.45, 7) is 4.16. The van der Waals surface area contributed by atoms with Crippen molar-refractivity contribution in [2.75, 3.05) is 17.9 Å². The number of rotatable bonds is 9. The van der Waals surface area contributed by atoms with E-state index < -0.39 is 28.5 Å². The molecule has 0 aliphatic carbocycles. The summed E-state index contributed by atoms with van der Waals surface area (Å²) in [7, 11) is -3.80. The predicted octanol–water partition coefficient (Wildman–Crippen LogP) is 2.87. The summed E-state index contributed by atoms with van der Waals surface area (Å²) < 4.78 is 32.3. The third kappa shape index (κ3) is 6.37. The normalized spacial score (nSPS) is 11.2. The van der Waals surface area contributed by atoms with Crippen molar-refractivity contribution < 1.29 is 22.7 Å². The lowest BCUT2D eigenvalue weighted by Gasteiger charge is -2.12. The second-order valence-electron chi connectivity index (χ2n) is 6.19. The second kappa shape index (κ2) is 9.52. The Bertz CT molecular complexity index is 877. The van der Waals surface area contributed by atoms with Crippen LogP contribution in [0.1, 0.15) is 30.6 Å². The minimum absolute atomic E-state index is 0.0348. The number of para-hydroxylation sites is 1. The standard InChI is InChI=1S/C18H22N2O5S2/c1-13(2)9-10-19-16(21)12-25-18(22)14-6-3-4-7-15(14)20-27(23,24)17-8-5-11-26-17/h3-8,11,13,20H,9-10,12H2,1-2H3,(H,19,21). The summed E-state index contributed by atoms with van der Waals surface area (Å²) in [6, 6.07) is 9.17. The summed E-state index contributed by atoms with van der Waals surface area (Å²) in [5, 5.41) is 4.31. The predicted molar refractivity (Wildman–Crippen MR) is 104 cm³/mol. The molecule has 2 N–H and O–H groups in total. The summed E-state index contributed by atoms with van der Waals surface area (Å²) in [4.78, 5) is 24.0. The quantitative estimate of drug-likeness (QED) is 0.619. The molecular weight excluding hydrogens is 388 g/mol. The Hall–Kier alpha value is -2.39. The van der Waals surface area contributed by atoms with E-state index in [9.17, 15) is 18.0 Å². The maximum absolute atomic E-state index is 12.4. The number of hydrogen-bond acceptors (Lipinski definition) is 6. The van der Waals surface area contributed by atoms with Crippen molar-refractivity contribution in [2.24, 2.45) is 5.92 Å². The number of nitrogens with one attached hydrogen (secondary N) is 2. The van der Waals surface area contributed by atoms with Gasteiger partial charge >= 0.3 is 5.97 Å². The number of anilines is 1. The highest BCUT2D eigenvalue weighted by molar-refractivity contribution is 7.94. The van der Waals surface area contributed by atoms with E-state index in [2.05, 4.69) is 10.0 Å². The van der Waals surface area contributed by atoms with Crippen LogP contribution in [0.2, 0.25) is 0 Å². The fourth-order valence-corrected chi connectivity index (χ4v) is 4.19. The van der Waals surface area contributed by atoms with Crippen LogP contribution in [0, 0.1) is 5.92 Å². The average molecular weight is 411 g/mol. The van der Waals surface area contributed by atoms with Gasteiger partial charge in [0.25, 0.3) is 15.9 Å². The van der Waals surface area contributed by atoms with Crippen molar-refractivity contribution in [3.8, 4) is 0 Å². The summed E-state index contributed by atoms with van der Waals surface area (Å²) in [5.74, 6) is -0.727. The van der Waals surface area contributed by atoms with Gasteiger partial charge in [0.15, 0.2) is 6.61 Å².